The van der Waals surface area contributed by atoms with Crippen LogP contribution >= 0.6 is 11.6 Å². The first kappa shape index (κ1) is 18.6. The lowest BCUT2D eigenvalue weighted by molar-refractivity contribution is 0.354. The Bertz CT molecular complexity index is 808. The van der Waals surface area contributed by atoms with Crippen molar-refractivity contribution >= 4 is 21.6 Å². The summed E-state index contributed by atoms with van der Waals surface area (Å²) in [6.45, 7) is 0.338. The molecule has 0 bridgehead atoms. The SMILES string of the molecule is COc1ccc(CCN(C)S(=O)(=O)c2cccc(Cl)c2)cc1OC. The van der Waals surface area contributed by atoms with E-state index in [1.54, 1.807) is 39.5 Å². The number of sulfonamides is 1. The summed E-state index contributed by atoms with van der Waals surface area (Å²) in [5, 5.41) is 0.393. The molecule has 0 aromatic heterocycles. The fourth-order valence-corrected chi connectivity index (χ4v) is 3.72. The van der Waals surface area contributed by atoms with Gasteiger partial charge >= 0.3 is 0 Å². The maximum absolute atomic E-state index is 12.6. The Kier molecular flexibility index (Phi) is 6.10. The van der Waals surface area contributed by atoms with Gasteiger partial charge in [0.05, 0.1) is 19.1 Å². The van der Waals surface area contributed by atoms with E-state index < -0.39 is 10.0 Å². The van der Waals surface area contributed by atoms with Crippen LogP contribution in [0.2, 0.25) is 5.02 Å². The number of nitrogens with zero attached hydrogens (tertiary/aromatic N) is 1. The van der Waals surface area contributed by atoms with Gasteiger partial charge in [0.2, 0.25) is 10.0 Å². The molecule has 5 nitrogen and oxygen atoms in total. The summed E-state index contributed by atoms with van der Waals surface area (Å²) in [5.41, 5.74) is 0.959. The summed E-state index contributed by atoms with van der Waals surface area (Å²) in [6.07, 6.45) is 0.552. The molecule has 2 aromatic rings. The van der Waals surface area contributed by atoms with Gasteiger partial charge in [-0.25, -0.2) is 12.7 Å². The molecule has 24 heavy (non-hydrogen) atoms. The van der Waals surface area contributed by atoms with E-state index in [2.05, 4.69) is 0 Å². The van der Waals surface area contributed by atoms with E-state index in [-0.39, 0.29) is 4.90 Å². The van der Waals surface area contributed by atoms with E-state index in [0.717, 1.165) is 5.56 Å². The summed E-state index contributed by atoms with van der Waals surface area (Å²) in [7, 11) is 1.12. The predicted molar refractivity (Wildman–Crippen MR) is 94.5 cm³/mol. The van der Waals surface area contributed by atoms with Crippen LogP contribution in [0.15, 0.2) is 47.4 Å². The Balaban J connectivity index is 2.11. The predicted octanol–water partition coefficient (Wildman–Crippen LogP) is 3.22. The third kappa shape index (κ3) is 4.20. The molecule has 0 aliphatic heterocycles. The Labute approximate surface area is 147 Å². The van der Waals surface area contributed by atoms with Gasteiger partial charge in [-0.05, 0) is 42.3 Å². The highest BCUT2D eigenvalue weighted by Gasteiger charge is 2.20. The van der Waals surface area contributed by atoms with Crippen molar-refractivity contribution in [2.75, 3.05) is 27.8 Å². The second-order valence-corrected chi connectivity index (χ2v) is 7.70. The summed E-state index contributed by atoms with van der Waals surface area (Å²) < 4.78 is 36.9. The highest BCUT2D eigenvalue weighted by molar-refractivity contribution is 7.89. The molecule has 0 N–H and O–H groups in total. The van der Waals surface area contributed by atoms with E-state index in [9.17, 15) is 8.42 Å². The second-order valence-electron chi connectivity index (χ2n) is 5.22. The molecular formula is C17H20ClNO4S. The Morgan fingerprint density at radius 2 is 1.75 bits per heavy atom. The van der Waals surface area contributed by atoms with Gasteiger partial charge in [0, 0.05) is 18.6 Å². The van der Waals surface area contributed by atoms with Crippen LogP contribution in [0.5, 0.6) is 11.5 Å². The molecule has 0 spiro atoms. The minimum absolute atomic E-state index is 0.185. The summed E-state index contributed by atoms with van der Waals surface area (Å²) in [6, 6.07) is 11.8. The molecule has 0 radical (unpaired) electrons. The Hall–Kier alpha value is -1.76. The minimum atomic E-state index is -3.57. The number of hydrogen-bond donors (Lipinski definition) is 0. The molecule has 0 fully saturated rings. The molecule has 0 aliphatic carbocycles. The normalized spacial score (nSPS) is 11.5. The average Bonchev–Trinajstić information content (AvgIpc) is 2.59. The van der Waals surface area contributed by atoms with Crippen LogP contribution in [0.4, 0.5) is 0 Å². The van der Waals surface area contributed by atoms with Crippen LogP contribution in [0, 0.1) is 0 Å². The molecule has 0 amide bonds. The lowest BCUT2D eigenvalue weighted by Gasteiger charge is -2.18. The quantitative estimate of drug-likeness (QED) is 0.752. The molecule has 2 aromatic carbocycles. The monoisotopic (exact) mass is 369 g/mol. The number of rotatable bonds is 7. The number of halogens is 1. The van der Waals surface area contributed by atoms with Crippen LogP contribution in [0.25, 0.3) is 0 Å². The standard InChI is InChI=1S/C17H20ClNO4S/c1-19(24(20,21)15-6-4-5-14(18)12-15)10-9-13-7-8-16(22-2)17(11-13)23-3/h4-8,11-12H,9-10H2,1-3H3. The van der Waals surface area contributed by atoms with Gasteiger partial charge in [0.15, 0.2) is 11.5 Å². The lowest BCUT2D eigenvalue weighted by atomic mass is 10.1. The number of ether oxygens (including phenoxy) is 2. The lowest BCUT2D eigenvalue weighted by Crippen LogP contribution is -2.29. The molecule has 0 atom stereocenters. The number of benzene rings is 2. The molecule has 0 unspecified atom stereocenters. The molecule has 0 saturated heterocycles. The maximum Gasteiger partial charge on any atom is 0.242 e. The van der Waals surface area contributed by atoms with E-state index in [0.29, 0.717) is 29.5 Å². The zero-order valence-electron chi connectivity index (χ0n) is 13.8. The van der Waals surface area contributed by atoms with E-state index >= 15 is 0 Å². The van der Waals surface area contributed by atoms with Gasteiger partial charge in [-0.1, -0.05) is 23.7 Å². The van der Waals surface area contributed by atoms with E-state index in [1.165, 1.54) is 16.4 Å². The summed E-state index contributed by atoms with van der Waals surface area (Å²) in [4.78, 5) is 0.185. The van der Waals surface area contributed by atoms with Crippen molar-refractivity contribution in [3.8, 4) is 11.5 Å². The zero-order chi connectivity index (χ0) is 17.7. The smallest absolute Gasteiger partial charge is 0.242 e. The van der Waals surface area contributed by atoms with Crippen LogP contribution in [-0.2, 0) is 16.4 Å². The van der Waals surface area contributed by atoms with E-state index in [4.69, 9.17) is 21.1 Å². The molecular weight excluding hydrogens is 350 g/mol. The minimum Gasteiger partial charge on any atom is -0.493 e. The summed E-state index contributed by atoms with van der Waals surface area (Å²) >= 11 is 5.88. The van der Waals surface area contributed by atoms with Gasteiger partial charge in [-0.15, -0.1) is 0 Å². The number of likely N-dealkylation sites (N-methyl/N-ethyl adjacent to an activating group) is 1. The molecule has 0 heterocycles. The van der Waals surface area contributed by atoms with Crippen molar-refractivity contribution in [3.05, 3.63) is 53.1 Å². The van der Waals surface area contributed by atoms with Crippen LogP contribution < -0.4 is 9.47 Å². The molecule has 130 valence electrons. The topological polar surface area (TPSA) is 55.8 Å². The van der Waals surface area contributed by atoms with Crippen molar-refractivity contribution in [2.45, 2.75) is 11.3 Å². The Morgan fingerprint density at radius 1 is 1.04 bits per heavy atom. The first-order chi connectivity index (χ1) is 11.4. The largest absolute Gasteiger partial charge is 0.493 e. The maximum atomic E-state index is 12.6. The van der Waals surface area contributed by atoms with Crippen molar-refractivity contribution in [1.29, 1.82) is 0 Å². The zero-order valence-corrected chi connectivity index (χ0v) is 15.4. The van der Waals surface area contributed by atoms with Crippen LogP contribution in [0.1, 0.15) is 5.56 Å². The fourth-order valence-electron chi connectivity index (χ4n) is 2.25. The van der Waals surface area contributed by atoms with E-state index in [1.807, 2.05) is 12.1 Å². The number of methoxy groups -OCH3 is 2. The van der Waals surface area contributed by atoms with Gasteiger partial charge in [0.1, 0.15) is 0 Å². The highest BCUT2D eigenvalue weighted by Crippen LogP contribution is 2.28. The summed E-state index contributed by atoms with van der Waals surface area (Å²) in [5.74, 6) is 1.26. The molecule has 7 heteroatoms. The third-order valence-electron chi connectivity index (χ3n) is 3.67. The van der Waals surface area contributed by atoms with Gasteiger partial charge < -0.3 is 9.47 Å². The van der Waals surface area contributed by atoms with Crippen molar-refractivity contribution in [2.24, 2.45) is 0 Å². The average molecular weight is 370 g/mol. The van der Waals surface area contributed by atoms with Crippen LogP contribution in [0.3, 0.4) is 0 Å². The Morgan fingerprint density at radius 3 is 2.38 bits per heavy atom. The first-order valence-corrected chi connectivity index (χ1v) is 9.13. The fraction of sp³-hybridized carbons (Fsp3) is 0.294. The van der Waals surface area contributed by atoms with Crippen molar-refractivity contribution < 1.29 is 17.9 Å². The van der Waals surface area contributed by atoms with Gasteiger partial charge in [-0.2, -0.15) is 0 Å². The molecule has 2 rings (SSSR count). The molecule has 0 aliphatic rings. The third-order valence-corrected chi connectivity index (χ3v) is 5.76. The second kappa shape index (κ2) is 7.88. The van der Waals surface area contributed by atoms with Gasteiger partial charge in [-0.3, -0.25) is 0 Å². The van der Waals surface area contributed by atoms with Crippen molar-refractivity contribution in [1.82, 2.24) is 4.31 Å². The van der Waals surface area contributed by atoms with Gasteiger partial charge in [0.25, 0.3) is 0 Å². The number of hydrogen-bond acceptors (Lipinski definition) is 4. The molecule has 0 saturated carbocycles. The highest BCUT2D eigenvalue weighted by atomic mass is 35.5. The van der Waals surface area contributed by atoms with Crippen molar-refractivity contribution in [3.63, 3.8) is 0 Å². The van der Waals surface area contributed by atoms with Crippen LogP contribution in [-0.4, -0.2) is 40.5 Å². The first-order valence-electron chi connectivity index (χ1n) is 7.31.